The smallest absolute Gasteiger partial charge is 0.458 e. The summed E-state index contributed by atoms with van der Waals surface area (Å²) in [5.41, 5.74) is 6.44. The second kappa shape index (κ2) is 14.0. The van der Waals surface area contributed by atoms with Crippen LogP contribution >= 0.6 is 0 Å². The number of carbonyl (C=O) groups is 4. The molecule has 2 N–H and O–H groups in total. The SMILES string of the molecule is COC(=O)Oc1ccc(C[C@H](N)C(=O)O[C@@H](C)[C@H](C)OC(=O)OC(C)C(C)C)cc1OC(=O)OC. The number of hydrogen-bond acceptors (Lipinski definition) is 12. The highest BCUT2D eigenvalue weighted by molar-refractivity contribution is 5.76. The normalized spacial score (nSPS) is 14.1. The van der Waals surface area contributed by atoms with E-state index < -0.39 is 42.7 Å². The zero-order valence-corrected chi connectivity index (χ0v) is 20.9. The lowest BCUT2D eigenvalue weighted by Crippen LogP contribution is -2.39. The fourth-order valence-electron chi connectivity index (χ4n) is 2.37. The summed E-state index contributed by atoms with van der Waals surface area (Å²) in [5, 5.41) is 0. The van der Waals surface area contributed by atoms with Crippen molar-refractivity contribution in [1.82, 2.24) is 0 Å². The second-order valence-corrected chi connectivity index (χ2v) is 7.99. The number of benzene rings is 1. The maximum absolute atomic E-state index is 12.5. The summed E-state index contributed by atoms with van der Waals surface area (Å²) in [7, 11) is 2.22. The number of methoxy groups -OCH3 is 2. The predicted octanol–water partition coefficient (Wildman–Crippen LogP) is 3.36. The Labute approximate surface area is 203 Å². The van der Waals surface area contributed by atoms with Crippen LogP contribution in [0.5, 0.6) is 11.5 Å². The van der Waals surface area contributed by atoms with Crippen LogP contribution in [0.4, 0.5) is 14.4 Å². The van der Waals surface area contributed by atoms with Crippen molar-refractivity contribution in [2.45, 2.75) is 65.4 Å². The van der Waals surface area contributed by atoms with Gasteiger partial charge < -0.3 is 38.9 Å². The number of nitrogens with two attached hydrogens (primary N) is 1. The summed E-state index contributed by atoms with van der Waals surface area (Å²) < 4.78 is 34.4. The molecule has 1 unspecified atom stereocenters. The Kier molecular flexibility index (Phi) is 11.8. The van der Waals surface area contributed by atoms with Gasteiger partial charge in [-0.2, -0.15) is 0 Å². The Morgan fingerprint density at radius 3 is 1.80 bits per heavy atom. The molecule has 0 fully saturated rings. The van der Waals surface area contributed by atoms with Crippen molar-refractivity contribution in [1.29, 1.82) is 0 Å². The van der Waals surface area contributed by atoms with E-state index in [-0.39, 0.29) is 29.9 Å². The van der Waals surface area contributed by atoms with Gasteiger partial charge in [-0.3, -0.25) is 4.79 Å². The first-order valence-corrected chi connectivity index (χ1v) is 10.9. The van der Waals surface area contributed by atoms with Crippen LogP contribution in [0.2, 0.25) is 0 Å². The van der Waals surface area contributed by atoms with Crippen LogP contribution in [0.1, 0.15) is 40.2 Å². The predicted molar refractivity (Wildman–Crippen MR) is 121 cm³/mol. The van der Waals surface area contributed by atoms with Crippen LogP contribution in [0.3, 0.4) is 0 Å². The number of rotatable bonds is 10. The van der Waals surface area contributed by atoms with E-state index in [1.54, 1.807) is 20.8 Å². The van der Waals surface area contributed by atoms with Crippen LogP contribution in [0.25, 0.3) is 0 Å². The Hall–Kier alpha value is -3.54. The van der Waals surface area contributed by atoms with Gasteiger partial charge in [0.2, 0.25) is 0 Å². The first-order chi connectivity index (χ1) is 16.4. The van der Waals surface area contributed by atoms with Gasteiger partial charge in [-0.15, -0.1) is 0 Å². The van der Waals surface area contributed by atoms with Crippen molar-refractivity contribution in [3.63, 3.8) is 0 Å². The van der Waals surface area contributed by atoms with Gasteiger partial charge in [0.1, 0.15) is 24.4 Å². The van der Waals surface area contributed by atoms with Crippen molar-refractivity contribution in [3.05, 3.63) is 23.8 Å². The molecule has 35 heavy (non-hydrogen) atoms. The lowest BCUT2D eigenvalue weighted by atomic mass is 10.1. The van der Waals surface area contributed by atoms with E-state index in [0.29, 0.717) is 5.56 Å². The average Bonchev–Trinajstić information content (AvgIpc) is 2.79. The molecule has 0 aliphatic heterocycles. The molecule has 0 heterocycles. The minimum Gasteiger partial charge on any atom is -0.458 e. The molecule has 0 aliphatic carbocycles. The minimum atomic E-state index is -1.10. The minimum absolute atomic E-state index is 0.00915. The number of ether oxygens (including phenoxy) is 7. The molecule has 0 saturated heterocycles. The Balaban J connectivity index is 2.78. The molecule has 1 aromatic rings. The lowest BCUT2D eigenvalue weighted by molar-refractivity contribution is -0.155. The van der Waals surface area contributed by atoms with Gasteiger partial charge in [-0.25, -0.2) is 14.4 Å². The van der Waals surface area contributed by atoms with E-state index in [9.17, 15) is 19.2 Å². The van der Waals surface area contributed by atoms with Crippen LogP contribution < -0.4 is 15.2 Å². The van der Waals surface area contributed by atoms with Crippen LogP contribution in [0, 0.1) is 5.92 Å². The maximum atomic E-state index is 12.5. The Bertz CT molecular complexity index is 886. The molecule has 0 aliphatic rings. The molecule has 0 radical (unpaired) electrons. The average molecular weight is 500 g/mol. The van der Waals surface area contributed by atoms with E-state index in [2.05, 4.69) is 9.47 Å². The zero-order chi connectivity index (χ0) is 26.7. The second-order valence-electron chi connectivity index (χ2n) is 7.99. The van der Waals surface area contributed by atoms with Gasteiger partial charge in [0.15, 0.2) is 11.5 Å². The molecule has 0 bridgehead atoms. The van der Waals surface area contributed by atoms with E-state index in [1.807, 2.05) is 13.8 Å². The molecule has 4 atom stereocenters. The lowest BCUT2D eigenvalue weighted by Gasteiger charge is -2.23. The zero-order valence-electron chi connectivity index (χ0n) is 20.9. The molecule has 0 amide bonds. The third-order valence-electron chi connectivity index (χ3n) is 4.95. The van der Waals surface area contributed by atoms with E-state index >= 15 is 0 Å². The maximum Gasteiger partial charge on any atom is 0.513 e. The molecule has 12 nitrogen and oxygen atoms in total. The van der Waals surface area contributed by atoms with E-state index in [1.165, 1.54) is 18.2 Å². The Morgan fingerprint density at radius 2 is 1.26 bits per heavy atom. The molecular formula is C23H33NO11. The van der Waals surface area contributed by atoms with Gasteiger partial charge in [-0.05, 0) is 50.8 Å². The van der Waals surface area contributed by atoms with Crippen molar-refractivity contribution < 1.29 is 52.3 Å². The monoisotopic (exact) mass is 499 g/mol. The summed E-state index contributed by atoms with van der Waals surface area (Å²) in [6, 6.07) is 3.10. The Morgan fingerprint density at radius 1 is 0.743 bits per heavy atom. The van der Waals surface area contributed by atoms with Crippen molar-refractivity contribution in [2.75, 3.05) is 14.2 Å². The standard InChI is InChI=1S/C23H33NO11/c1-12(2)13(3)32-23(28)33-15(5)14(4)31-20(25)17(24)10-16-8-9-18(34-21(26)29-6)19(11-16)35-22(27)30-7/h8-9,11-15,17H,10,24H2,1-7H3/t13?,14-,15-,17-/m0/s1. The van der Waals surface area contributed by atoms with Crippen LogP contribution in [-0.2, 0) is 34.9 Å². The summed E-state index contributed by atoms with van der Waals surface area (Å²) >= 11 is 0. The van der Waals surface area contributed by atoms with Gasteiger partial charge in [0.25, 0.3) is 0 Å². The van der Waals surface area contributed by atoms with E-state index in [4.69, 9.17) is 29.4 Å². The van der Waals surface area contributed by atoms with E-state index in [0.717, 1.165) is 14.2 Å². The molecule has 0 saturated carbocycles. The number of carbonyl (C=O) groups excluding carboxylic acids is 4. The number of esters is 1. The summed E-state index contributed by atoms with van der Waals surface area (Å²) in [5.74, 6) is -0.891. The largest absolute Gasteiger partial charge is 0.513 e. The molecule has 0 aromatic heterocycles. The number of hydrogen-bond donors (Lipinski definition) is 1. The molecule has 1 rings (SSSR count). The van der Waals surface area contributed by atoms with Crippen molar-refractivity contribution in [2.24, 2.45) is 11.7 Å². The summed E-state index contributed by atoms with van der Waals surface area (Å²) in [4.78, 5) is 47.3. The summed E-state index contributed by atoms with van der Waals surface area (Å²) in [6.45, 7) is 8.65. The van der Waals surface area contributed by atoms with Crippen LogP contribution in [0.15, 0.2) is 18.2 Å². The quantitative estimate of drug-likeness (QED) is 0.284. The third-order valence-corrected chi connectivity index (χ3v) is 4.95. The molecular weight excluding hydrogens is 466 g/mol. The fourth-order valence-corrected chi connectivity index (χ4v) is 2.37. The highest BCUT2D eigenvalue weighted by Crippen LogP contribution is 2.30. The van der Waals surface area contributed by atoms with Gasteiger partial charge in [-0.1, -0.05) is 19.9 Å². The van der Waals surface area contributed by atoms with Crippen LogP contribution in [-0.4, -0.2) is 63.0 Å². The first kappa shape index (κ1) is 29.5. The highest BCUT2D eigenvalue weighted by atomic mass is 16.7. The van der Waals surface area contributed by atoms with Crippen molar-refractivity contribution >= 4 is 24.4 Å². The molecule has 0 spiro atoms. The first-order valence-electron chi connectivity index (χ1n) is 10.9. The van der Waals surface area contributed by atoms with Gasteiger partial charge in [0, 0.05) is 0 Å². The molecule has 12 heteroatoms. The van der Waals surface area contributed by atoms with Gasteiger partial charge >= 0.3 is 24.4 Å². The highest BCUT2D eigenvalue weighted by Gasteiger charge is 2.26. The fraction of sp³-hybridized carbons (Fsp3) is 0.565. The summed E-state index contributed by atoms with van der Waals surface area (Å²) in [6.07, 6.45) is -4.87. The van der Waals surface area contributed by atoms with Crippen molar-refractivity contribution in [3.8, 4) is 11.5 Å². The van der Waals surface area contributed by atoms with Gasteiger partial charge in [0.05, 0.1) is 14.2 Å². The third kappa shape index (κ3) is 10.1. The molecule has 196 valence electrons. The molecule has 1 aromatic carbocycles. The topological polar surface area (TPSA) is 159 Å².